The summed E-state index contributed by atoms with van der Waals surface area (Å²) in [6, 6.07) is 7.12. The highest BCUT2D eigenvalue weighted by Gasteiger charge is 2.20. The van der Waals surface area contributed by atoms with Crippen LogP contribution < -0.4 is 5.56 Å². The second-order valence-electron chi connectivity index (χ2n) is 5.42. The van der Waals surface area contributed by atoms with Crippen molar-refractivity contribution in [1.82, 2.24) is 14.6 Å². The second-order valence-corrected chi connectivity index (χ2v) is 6.24. The van der Waals surface area contributed by atoms with Gasteiger partial charge in [0.1, 0.15) is 11.6 Å². The Kier molecular flexibility index (Phi) is 3.88. The second kappa shape index (κ2) is 5.73. The van der Waals surface area contributed by atoms with Gasteiger partial charge < -0.3 is 0 Å². The van der Waals surface area contributed by atoms with Gasteiger partial charge in [0.15, 0.2) is 5.65 Å². The van der Waals surface area contributed by atoms with Crippen molar-refractivity contribution in [2.24, 2.45) is 0 Å². The van der Waals surface area contributed by atoms with E-state index in [0.717, 1.165) is 0 Å². The molecule has 0 aliphatic heterocycles. The molecule has 0 aliphatic carbocycles. The summed E-state index contributed by atoms with van der Waals surface area (Å²) in [5, 5.41) is 12.8. The highest BCUT2D eigenvalue weighted by Crippen LogP contribution is 2.31. The van der Waals surface area contributed by atoms with Crippen LogP contribution in [0.4, 0.5) is 0 Å². The van der Waals surface area contributed by atoms with E-state index >= 15 is 0 Å². The standard InChI is InChI=1S/C16H12Cl2N4O/c1-8(2)13-14(9-3-4-11(17)12(18)5-9)21-15-10(6-19)7-20-22(15)16(13)23/h3-5,7-8,20H,1-2H3. The molecule has 3 rings (SSSR count). The highest BCUT2D eigenvalue weighted by atomic mass is 35.5. The zero-order chi connectivity index (χ0) is 16.7. The van der Waals surface area contributed by atoms with E-state index < -0.39 is 0 Å². The van der Waals surface area contributed by atoms with Crippen LogP contribution in [0.1, 0.15) is 30.9 Å². The number of halogens is 2. The van der Waals surface area contributed by atoms with Crippen molar-refractivity contribution in [3.63, 3.8) is 0 Å². The first-order valence-electron chi connectivity index (χ1n) is 6.93. The highest BCUT2D eigenvalue weighted by molar-refractivity contribution is 6.42. The Labute approximate surface area is 142 Å². The van der Waals surface area contributed by atoms with E-state index in [-0.39, 0.29) is 11.5 Å². The molecule has 5 nitrogen and oxygen atoms in total. The van der Waals surface area contributed by atoms with Crippen LogP contribution in [0, 0.1) is 11.3 Å². The molecular formula is C16H12Cl2N4O. The monoisotopic (exact) mass is 346 g/mol. The number of H-pyrrole nitrogens is 1. The van der Waals surface area contributed by atoms with Crippen LogP contribution in [0.3, 0.4) is 0 Å². The Morgan fingerprint density at radius 1 is 1.30 bits per heavy atom. The first kappa shape index (κ1) is 15.6. The summed E-state index contributed by atoms with van der Waals surface area (Å²) in [6.07, 6.45) is 1.46. The first-order valence-corrected chi connectivity index (χ1v) is 7.69. The first-order chi connectivity index (χ1) is 10.9. The van der Waals surface area contributed by atoms with Crippen LogP contribution in [0.15, 0.2) is 29.2 Å². The molecule has 0 spiro atoms. The molecule has 0 unspecified atom stereocenters. The zero-order valence-electron chi connectivity index (χ0n) is 12.4. The van der Waals surface area contributed by atoms with Crippen molar-refractivity contribution < 1.29 is 0 Å². The van der Waals surface area contributed by atoms with Crippen molar-refractivity contribution in [3.8, 4) is 17.3 Å². The zero-order valence-corrected chi connectivity index (χ0v) is 13.9. The van der Waals surface area contributed by atoms with Gasteiger partial charge in [-0.25, -0.2) is 9.50 Å². The maximum Gasteiger partial charge on any atom is 0.276 e. The summed E-state index contributed by atoms with van der Waals surface area (Å²) in [7, 11) is 0. The van der Waals surface area contributed by atoms with Gasteiger partial charge in [-0.15, -0.1) is 0 Å². The number of hydrogen-bond donors (Lipinski definition) is 1. The predicted molar refractivity (Wildman–Crippen MR) is 90.1 cm³/mol. The normalized spacial score (nSPS) is 11.1. The SMILES string of the molecule is CC(C)c1c(-c2ccc(Cl)c(Cl)c2)nc2c(C#N)c[nH]n2c1=O. The molecule has 23 heavy (non-hydrogen) atoms. The fourth-order valence-corrected chi connectivity index (χ4v) is 2.79. The van der Waals surface area contributed by atoms with Gasteiger partial charge in [-0.3, -0.25) is 9.89 Å². The maximum atomic E-state index is 12.8. The maximum absolute atomic E-state index is 12.8. The molecule has 0 amide bonds. The summed E-state index contributed by atoms with van der Waals surface area (Å²) in [5.41, 5.74) is 2.12. The molecule has 7 heteroatoms. The van der Waals surface area contributed by atoms with Crippen LogP contribution in [-0.4, -0.2) is 14.6 Å². The average molecular weight is 347 g/mol. The lowest BCUT2D eigenvalue weighted by molar-refractivity contribution is 0.797. The summed E-state index contributed by atoms with van der Waals surface area (Å²) in [6.45, 7) is 3.83. The molecule has 1 aromatic carbocycles. The predicted octanol–water partition coefficient (Wildman–Crippen LogP) is 3.99. The molecule has 1 N–H and O–H groups in total. The fraction of sp³-hybridized carbons (Fsp3) is 0.188. The summed E-state index contributed by atoms with van der Waals surface area (Å²) in [5.74, 6) is -0.0508. The van der Waals surface area contributed by atoms with Crippen molar-refractivity contribution in [2.75, 3.05) is 0 Å². The molecule has 0 saturated heterocycles. The topological polar surface area (TPSA) is 73.9 Å². The lowest BCUT2D eigenvalue weighted by atomic mass is 9.98. The number of nitrogens with zero attached hydrogens (tertiary/aromatic N) is 3. The summed E-state index contributed by atoms with van der Waals surface area (Å²) in [4.78, 5) is 17.3. The molecule has 3 aromatic rings. The average Bonchev–Trinajstić information content (AvgIpc) is 2.92. The van der Waals surface area contributed by atoms with Crippen LogP contribution >= 0.6 is 23.2 Å². The third kappa shape index (κ3) is 2.50. The van der Waals surface area contributed by atoms with Crippen LogP contribution in [0.2, 0.25) is 10.0 Å². The number of aromatic amines is 1. The number of rotatable bonds is 2. The summed E-state index contributed by atoms with van der Waals surface area (Å²) >= 11 is 12.1. The number of nitrogens with one attached hydrogen (secondary N) is 1. The van der Waals surface area contributed by atoms with Crippen LogP contribution in [0.25, 0.3) is 16.9 Å². The lowest BCUT2D eigenvalue weighted by Gasteiger charge is -2.12. The quantitative estimate of drug-likeness (QED) is 0.762. The number of nitriles is 1. The van der Waals surface area contributed by atoms with Crippen LogP contribution in [0.5, 0.6) is 0 Å². The van der Waals surface area contributed by atoms with E-state index in [4.69, 9.17) is 23.2 Å². The van der Waals surface area contributed by atoms with Gasteiger partial charge in [0.25, 0.3) is 5.56 Å². The van der Waals surface area contributed by atoms with Crippen molar-refractivity contribution in [3.05, 3.63) is 55.9 Å². The van der Waals surface area contributed by atoms with Crippen LogP contribution in [-0.2, 0) is 0 Å². The Balaban J connectivity index is 2.42. The molecule has 0 atom stereocenters. The molecule has 0 radical (unpaired) electrons. The van der Waals surface area contributed by atoms with E-state index in [0.29, 0.717) is 38.1 Å². The number of fused-ring (bicyclic) bond motifs is 1. The minimum Gasteiger partial charge on any atom is -0.295 e. The molecule has 0 fully saturated rings. The van der Waals surface area contributed by atoms with E-state index in [1.54, 1.807) is 18.2 Å². The van der Waals surface area contributed by atoms with Gasteiger partial charge in [0, 0.05) is 17.3 Å². The Morgan fingerprint density at radius 3 is 2.65 bits per heavy atom. The Hall–Kier alpha value is -2.29. The van der Waals surface area contributed by atoms with Crippen molar-refractivity contribution >= 4 is 28.8 Å². The molecular weight excluding hydrogens is 335 g/mol. The largest absolute Gasteiger partial charge is 0.295 e. The van der Waals surface area contributed by atoms with E-state index in [1.807, 2.05) is 19.9 Å². The Bertz CT molecular complexity index is 1010. The fourth-order valence-electron chi connectivity index (χ4n) is 2.49. The Morgan fingerprint density at radius 2 is 2.04 bits per heavy atom. The third-order valence-corrected chi connectivity index (χ3v) is 4.33. The van der Waals surface area contributed by atoms with Gasteiger partial charge in [-0.2, -0.15) is 5.26 Å². The number of benzene rings is 1. The van der Waals surface area contributed by atoms with Crippen molar-refractivity contribution in [2.45, 2.75) is 19.8 Å². The van der Waals surface area contributed by atoms with E-state index in [2.05, 4.69) is 10.1 Å². The third-order valence-electron chi connectivity index (χ3n) is 3.59. The van der Waals surface area contributed by atoms with Crippen molar-refractivity contribution in [1.29, 1.82) is 5.26 Å². The van der Waals surface area contributed by atoms with Gasteiger partial charge in [-0.1, -0.05) is 43.1 Å². The van der Waals surface area contributed by atoms with E-state index in [1.165, 1.54) is 10.7 Å². The molecule has 0 bridgehead atoms. The molecule has 2 aromatic heterocycles. The molecule has 2 heterocycles. The van der Waals surface area contributed by atoms with Gasteiger partial charge in [0.05, 0.1) is 15.7 Å². The van der Waals surface area contributed by atoms with Gasteiger partial charge in [0.2, 0.25) is 0 Å². The smallest absolute Gasteiger partial charge is 0.276 e. The van der Waals surface area contributed by atoms with Gasteiger partial charge in [-0.05, 0) is 18.1 Å². The molecule has 116 valence electrons. The molecule has 0 aliphatic rings. The summed E-state index contributed by atoms with van der Waals surface area (Å²) < 4.78 is 1.29. The number of hydrogen-bond acceptors (Lipinski definition) is 3. The van der Waals surface area contributed by atoms with Gasteiger partial charge >= 0.3 is 0 Å². The van der Waals surface area contributed by atoms with E-state index in [9.17, 15) is 10.1 Å². The number of aromatic nitrogens is 3. The minimum absolute atomic E-state index is 0.0508. The lowest BCUT2D eigenvalue weighted by Crippen LogP contribution is -2.22. The minimum atomic E-state index is -0.229. The molecule has 0 saturated carbocycles.